The van der Waals surface area contributed by atoms with Crippen LogP contribution >= 0.6 is 0 Å². The Morgan fingerprint density at radius 2 is 2.16 bits per heavy atom. The highest BCUT2D eigenvalue weighted by Gasteiger charge is 2.38. The zero-order valence-corrected chi connectivity index (χ0v) is 17.4. The predicted molar refractivity (Wildman–Crippen MR) is 106 cm³/mol. The molecular formula is C21H24F3N5O2. The Kier molecular flexibility index (Phi) is 5.72. The van der Waals surface area contributed by atoms with Crippen molar-refractivity contribution in [3.63, 3.8) is 0 Å². The summed E-state index contributed by atoms with van der Waals surface area (Å²) in [5.74, 6) is -0.380. The summed E-state index contributed by atoms with van der Waals surface area (Å²) in [5.41, 5.74) is 0.681. The number of amides is 1. The summed E-state index contributed by atoms with van der Waals surface area (Å²) in [7, 11) is 0. The highest BCUT2D eigenvalue weighted by atomic mass is 19.4. The number of aryl methyl sites for hydroxylation is 3. The van der Waals surface area contributed by atoms with Gasteiger partial charge in [-0.2, -0.15) is 18.3 Å². The fourth-order valence-electron chi connectivity index (χ4n) is 4.09. The highest BCUT2D eigenvalue weighted by Crippen LogP contribution is 2.40. The molecule has 3 aromatic rings. The number of pyridine rings is 1. The maximum Gasteiger partial charge on any atom is 0.417 e. The minimum Gasteiger partial charge on any atom is -0.342 e. The molecule has 166 valence electrons. The van der Waals surface area contributed by atoms with E-state index in [0.29, 0.717) is 44.6 Å². The minimum atomic E-state index is -4.54. The van der Waals surface area contributed by atoms with Crippen LogP contribution in [0.3, 0.4) is 0 Å². The van der Waals surface area contributed by atoms with Crippen LogP contribution in [0.2, 0.25) is 0 Å². The van der Waals surface area contributed by atoms with Crippen molar-refractivity contribution >= 4 is 17.0 Å². The number of carbonyl (C=O) groups excluding carboxylic acids is 1. The molecular weight excluding hydrogens is 411 g/mol. The van der Waals surface area contributed by atoms with Gasteiger partial charge in [-0.15, -0.1) is 0 Å². The van der Waals surface area contributed by atoms with E-state index in [1.807, 2.05) is 13.1 Å². The van der Waals surface area contributed by atoms with Gasteiger partial charge >= 0.3 is 6.18 Å². The summed E-state index contributed by atoms with van der Waals surface area (Å²) < 4.78 is 48.2. The normalized spacial score (nSPS) is 17.5. The first-order valence-corrected chi connectivity index (χ1v) is 10.4. The number of halogens is 3. The van der Waals surface area contributed by atoms with E-state index in [0.717, 1.165) is 11.6 Å². The lowest BCUT2D eigenvalue weighted by atomic mass is 9.91. The molecule has 4 rings (SSSR count). The molecule has 7 nitrogen and oxygen atoms in total. The molecule has 1 unspecified atom stereocenters. The molecule has 0 spiro atoms. The molecule has 31 heavy (non-hydrogen) atoms. The molecule has 0 radical (unpaired) electrons. The molecule has 0 aliphatic carbocycles. The van der Waals surface area contributed by atoms with Crippen LogP contribution in [0, 0.1) is 6.92 Å². The van der Waals surface area contributed by atoms with Crippen molar-refractivity contribution in [1.29, 1.82) is 0 Å². The largest absolute Gasteiger partial charge is 0.417 e. The second kappa shape index (κ2) is 8.32. The fourth-order valence-corrected chi connectivity index (χ4v) is 4.09. The summed E-state index contributed by atoms with van der Waals surface area (Å²) >= 11 is 0. The van der Waals surface area contributed by atoms with E-state index in [1.165, 1.54) is 0 Å². The summed E-state index contributed by atoms with van der Waals surface area (Å²) in [6.45, 7) is 5.01. The Morgan fingerprint density at radius 3 is 2.84 bits per heavy atom. The fraction of sp³-hybridized carbons (Fsp3) is 0.524. The highest BCUT2D eigenvalue weighted by molar-refractivity contribution is 5.82. The molecule has 1 aliphatic rings. The molecule has 3 aromatic heterocycles. The molecule has 0 bridgehead atoms. The molecule has 10 heteroatoms. The Bertz CT molecular complexity index is 1090. The van der Waals surface area contributed by atoms with E-state index < -0.39 is 11.7 Å². The van der Waals surface area contributed by atoms with E-state index in [1.54, 1.807) is 22.7 Å². The number of carbonyl (C=O) groups is 1. The number of piperidine rings is 1. The average molecular weight is 435 g/mol. The van der Waals surface area contributed by atoms with E-state index in [9.17, 15) is 18.0 Å². The first-order valence-electron chi connectivity index (χ1n) is 10.4. The summed E-state index contributed by atoms with van der Waals surface area (Å²) in [6.07, 6.45) is 1.01. The van der Waals surface area contributed by atoms with Crippen LogP contribution in [0.15, 0.2) is 23.0 Å². The van der Waals surface area contributed by atoms with Gasteiger partial charge in [0, 0.05) is 43.9 Å². The molecule has 0 aromatic carbocycles. The van der Waals surface area contributed by atoms with Gasteiger partial charge in [-0.1, -0.05) is 12.1 Å². The molecule has 1 saturated heterocycles. The Hall–Kier alpha value is -2.91. The Labute approximate surface area is 177 Å². The maximum atomic E-state index is 13.8. The van der Waals surface area contributed by atoms with Crippen LogP contribution in [-0.2, 0) is 23.9 Å². The van der Waals surface area contributed by atoms with Gasteiger partial charge < -0.3 is 9.42 Å². The number of hydrogen-bond donors (Lipinski definition) is 0. The van der Waals surface area contributed by atoms with E-state index >= 15 is 0 Å². The standard InChI is InChI=1S/C21H24F3N5O2/c1-3-15-9-16(21(22,23)24)18-19(27-31-20(18)26-15)14-5-4-7-28(12-14)17(30)6-8-29-11-13(2)10-25-29/h9-11,14H,3-8,12H2,1-2H3. The number of likely N-dealkylation sites (tertiary alicyclic amines) is 1. The third kappa shape index (κ3) is 4.42. The van der Waals surface area contributed by atoms with E-state index in [-0.39, 0.29) is 35.0 Å². The zero-order chi connectivity index (χ0) is 22.2. The van der Waals surface area contributed by atoms with Gasteiger partial charge in [0.25, 0.3) is 5.71 Å². The quantitative estimate of drug-likeness (QED) is 0.603. The molecule has 0 saturated carbocycles. The van der Waals surface area contributed by atoms with Gasteiger partial charge in [0.2, 0.25) is 5.91 Å². The van der Waals surface area contributed by atoms with Crippen molar-refractivity contribution in [3.05, 3.63) is 41.0 Å². The SMILES string of the molecule is CCc1cc(C(F)(F)F)c2c(C3CCCN(C(=O)CCn4cc(C)cn4)C3)noc2n1. The summed E-state index contributed by atoms with van der Waals surface area (Å²) in [4.78, 5) is 18.6. The average Bonchev–Trinajstić information content (AvgIpc) is 3.36. The van der Waals surface area contributed by atoms with Crippen molar-refractivity contribution in [2.45, 2.75) is 58.2 Å². The van der Waals surface area contributed by atoms with Gasteiger partial charge in [0.1, 0.15) is 0 Å². The smallest absolute Gasteiger partial charge is 0.342 e. The summed E-state index contributed by atoms with van der Waals surface area (Å²) in [5, 5.41) is 8.06. The number of fused-ring (bicyclic) bond motifs is 1. The van der Waals surface area contributed by atoms with Crippen molar-refractivity contribution in [1.82, 2.24) is 24.8 Å². The topological polar surface area (TPSA) is 77.0 Å². The lowest BCUT2D eigenvalue weighted by Crippen LogP contribution is -2.39. The van der Waals surface area contributed by atoms with E-state index in [2.05, 4.69) is 15.2 Å². The molecule has 0 N–H and O–H groups in total. The van der Waals surface area contributed by atoms with Gasteiger partial charge in [-0.25, -0.2) is 4.98 Å². The molecule has 1 aliphatic heterocycles. The van der Waals surface area contributed by atoms with Crippen LogP contribution < -0.4 is 0 Å². The predicted octanol–water partition coefficient (Wildman–Crippen LogP) is 4.11. The Morgan fingerprint density at radius 1 is 1.35 bits per heavy atom. The van der Waals surface area contributed by atoms with Crippen molar-refractivity contribution in [3.8, 4) is 0 Å². The first kappa shape index (κ1) is 21.3. The third-order valence-electron chi connectivity index (χ3n) is 5.67. The van der Waals surface area contributed by atoms with Crippen LogP contribution in [0.25, 0.3) is 11.1 Å². The molecule has 1 atom stereocenters. The van der Waals surface area contributed by atoms with Crippen LogP contribution in [0.5, 0.6) is 0 Å². The van der Waals surface area contributed by atoms with E-state index in [4.69, 9.17) is 4.52 Å². The van der Waals surface area contributed by atoms with Crippen LogP contribution in [-0.4, -0.2) is 43.8 Å². The Balaban J connectivity index is 1.56. The maximum absolute atomic E-state index is 13.8. The van der Waals surface area contributed by atoms with Gasteiger partial charge in [-0.3, -0.25) is 9.48 Å². The molecule has 4 heterocycles. The van der Waals surface area contributed by atoms with Crippen molar-refractivity contribution < 1.29 is 22.5 Å². The van der Waals surface area contributed by atoms with Crippen LogP contribution in [0.4, 0.5) is 13.2 Å². The first-order chi connectivity index (χ1) is 14.8. The van der Waals surface area contributed by atoms with Gasteiger partial charge in [0.15, 0.2) is 0 Å². The minimum absolute atomic E-state index is 0.0481. The number of nitrogens with zero attached hydrogens (tertiary/aromatic N) is 5. The van der Waals surface area contributed by atoms with Gasteiger partial charge in [-0.05, 0) is 37.8 Å². The third-order valence-corrected chi connectivity index (χ3v) is 5.67. The number of alkyl halides is 3. The van der Waals surface area contributed by atoms with Crippen LogP contribution in [0.1, 0.15) is 54.6 Å². The molecule has 1 amide bonds. The second-order valence-electron chi connectivity index (χ2n) is 7.97. The lowest BCUT2D eigenvalue weighted by Gasteiger charge is -2.32. The molecule has 1 fully saturated rings. The number of hydrogen-bond acceptors (Lipinski definition) is 5. The number of rotatable bonds is 5. The van der Waals surface area contributed by atoms with Crippen molar-refractivity contribution in [2.24, 2.45) is 0 Å². The van der Waals surface area contributed by atoms with Gasteiger partial charge in [0.05, 0.1) is 22.8 Å². The second-order valence-corrected chi connectivity index (χ2v) is 7.97. The zero-order valence-electron chi connectivity index (χ0n) is 17.4. The number of aromatic nitrogens is 4. The van der Waals surface area contributed by atoms with Crippen molar-refractivity contribution in [2.75, 3.05) is 13.1 Å². The summed E-state index contributed by atoms with van der Waals surface area (Å²) in [6, 6.07) is 1.07. The monoisotopic (exact) mass is 435 g/mol. The lowest BCUT2D eigenvalue weighted by molar-refractivity contribution is -0.136.